The second-order valence-corrected chi connectivity index (χ2v) is 8.29. The van der Waals surface area contributed by atoms with E-state index in [1.807, 2.05) is 29.6 Å². The quantitative estimate of drug-likeness (QED) is 0.656. The third-order valence-electron chi connectivity index (χ3n) is 4.39. The maximum Gasteiger partial charge on any atom is 0.192 e. The molecule has 0 aliphatic heterocycles. The first-order chi connectivity index (χ1) is 12.3. The molecule has 0 saturated heterocycles. The molecule has 0 spiro atoms. The maximum atomic E-state index is 12.2. The zero-order valence-electron chi connectivity index (χ0n) is 13.8. The van der Waals surface area contributed by atoms with E-state index in [1.54, 1.807) is 23.1 Å². The van der Waals surface area contributed by atoms with Gasteiger partial charge < -0.3 is 0 Å². The fraction of sp³-hybridized carbons (Fsp3) is 0.316. The molecule has 2 heterocycles. The summed E-state index contributed by atoms with van der Waals surface area (Å²) >= 11 is 3.24. The van der Waals surface area contributed by atoms with E-state index in [9.17, 15) is 4.79 Å². The van der Waals surface area contributed by atoms with Crippen molar-refractivity contribution >= 4 is 28.9 Å². The molecule has 1 aliphatic carbocycles. The van der Waals surface area contributed by atoms with Gasteiger partial charge in [-0.15, -0.1) is 21.5 Å². The highest BCUT2D eigenvalue weighted by molar-refractivity contribution is 8.00. The van der Waals surface area contributed by atoms with Gasteiger partial charge in [0.25, 0.3) is 0 Å². The van der Waals surface area contributed by atoms with Gasteiger partial charge in [-0.25, -0.2) is 0 Å². The Morgan fingerprint density at radius 3 is 2.76 bits per heavy atom. The van der Waals surface area contributed by atoms with Gasteiger partial charge in [0.15, 0.2) is 11.0 Å². The Balaban J connectivity index is 1.67. The largest absolute Gasteiger partial charge is 0.298 e. The topological polar surface area (TPSA) is 47.8 Å². The molecular weight excluding hydrogens is 350 g/mol. The van der Waals surface area contributed by atoms with E-state index < -0.39 is 0 Å². The maximum absolute atomic E-state index is 12.2. The molecule has 4 rings (SSSR count). The standard InChI is InChI=1S/C19H19N3OS2/c23-15-9-4-5-10-16(15)25-19-21-20-18(17-11-6-12-24-17)22(19)13-14-7-2-1-3-8-14/h1-3,6-8,11-12,16H,4-5,9-10,13H2. The fourth-order valence-corrected chi connectivity index (χ4v) is 4.95. The number of carbonyl (C=O) groups is 1. The molecule has 0 N–H and O–H groups in total. The number of nitrogens with zero attached hydrogens (tertiary/aromatic N) is 3. The van der Waals surface area contributed by atoms with Gasteiger partial charge in [0.1, 0.15) is 5.78 Å². The van der Waals surface area contributed by atoms with Crippen LogP contribution in [-0.4, -0.2) is 25.8 Å². The third-order valence-corrected chi connectivity index (χ3v) is 6.55. The first-order valence-electron chi connectivity index (χ1n) is 8.51. The van der Waals surface area contributed by atoms with Crippen LogP contribution in [0.15, 0.2) is 53.0 Å². The van der Waals surface area contributed by atoms with Crippen LogP contribution < -0.4 is 0 Å². The molecule has 0 radical (unpaired) electrons. The van der Waals surface area contributed by atoms with E-state index >= 15 is 0 Å². The predicted molar refractivity (Wildman–Crippen MR) is 102 cm³/mol. The molecule has 2 aromatic heterocycles. The number of thioether (sulfide) groups is 1. The molecule has 1 saturated carbocycles. The van der Waals surface area contributed by atoms with E-state index in [0.717, 1.165) is 35.1 Å². The molecule has 25 heavy (non-hydrogen) atoms. The summed E-state index contributed by atoms with van der Waals surface area (Å²) in [6.07, 6.45) is 3.78. The van der Waals surface area contributed by atoms with Crippen LogP contribution in [0.25, 0.3) is 10.7 Å². The van der Waals surface area contributed by atoms with Crippen molar-refractivity contribution < 1.29 is 4.79 Å². The van der Waals surface area contributed by atoms with Gasteiger partial charge in [0, 0.05) is 6.42 Å². The number of aromatic nitrogens is 3. The minimum absolute atomic E-state index is 0.0173. The van der Waals surface area contributed by atoms with E-state index in [0.29, 0.717) is 18.7 Å². The molecule has 0 amide bonds. The molecule has 128 valence electrons. The molecule has 1 aromatic carbocycles. The summed E-state index contributed by atoms with van der Waals surface area (Å²) in [5.41, 5.74) is 1.21. The Labute approximate surface area is 155 Å². The predicted octanol–water partition coefficient (Wildman–Crippen LogP) is 4.66. The Morgan fingerprint density at radius 1 is 1.12 bits per heavy atom. The average molecular weight is 370 g/mol. The number of ketones is 1. The Hall–Kier alpha value is -1.92. The summed E-state index contributed by atoms with van der Waals surface area (Å²) < 4.78 is 2.15. The Bertz CT molecular complexity index is 843. The van der Waals surface area contributed by atoms with Crippen molar-refractivity contribution in [2.75, 3.05) is 0 Å². The molecule has 1 unspecified atom stereocenters. The van der Waals surface area contributed by atoms with Crippen molar-refractivity contribution in [1.82, 2.24) is 14.8 Å². The molecule has 6 heteroatoms. The first kappa shape index (κ1) is 16.5. The summed E-state index contributed by atoms with van der Waals surface area (Å²) in [6.45, 7) is 0.713. The summed E-state index contributed by atoms with van der Waals surface area (Å²) in [5, 5.41) is 11.8. The first-order valence-corrected chi connectivity index (χ1v) is 10.3. The van der Waals surface area contributed by atoms with Crippen LogP contribution in [0, 0.1) is 0 Å². The van der Waals surface area contributed by atoms with Gasteiger partial charge in [-0.2, -0.15) is 0 Å². The molecule has 0 bridgehead atoms. The van der Waals surface area contributed by atoms with Gasteiger partial charge in [0.05, 0.1) is 16.7 Å². The van der Waals surface area contributed by atoms with Crippen molar-refractivity contribution in [3.63, 3.8) is 0 Å². The number of rotatable bonds is 5. The lowest BCUT2D eigenvalue weighted by Crippen LogP contribution is -2.22. The number of hydrogen-bond acceptors (Lipinski definition) is 5. The molecular formula is C19H19N3OS2. The zero-order valence-corrected chi connectivity index (χ0v) is 15.4. The van der Waals surface area contributed by atoms with Gasteiger partial charge in [-0.3, -0.25) is 9.36 Å². The van der Waals surface area contributed by atoms with Crippen molar-refractivity contribution in [2.24, 2.45) is 0 Å². The van der Waals surface area contributed by atoms with Crippen LogP contribution in [0.3, 0.4) is 0 Å². The highest BCUT2D eigenvalue weighted by Gasteiger charge is 2.26. The van der Waals surface area contributed by atoms with Crippen LogP contribution in [0.2, 0.25) is 0 Å². The summed E-state index contributed by atoms with van der Waals surface area (Å²) in [5.74, 6) is 1.23. The van der Waals surface area contributed by atoms with Crippen molar-refractivity contribution in [2.45, 2.75) is 42.6 Å². The minimum Gasteiger partial charge on any atom is -0.298 e. The van der Waals surface area contributed by atoms with Gasteiger partial charge in [-0.1, -0.05) is 54.6 Å². The van der Waals surface area contributed by atoms with Crippen molar-refractivity contribution in [3.8, 4) is 10.7 Å². The van der Waals surface area contributed by atoms with Gasteiger partial charge in [0.2, 0.25) is 0 Å². The summed E-state index contributed by atoms with van der Waals surface area (Å²) in [4.78, 5) is 13.3. The number of Topliss-reactive ketones (excluding diaryl/α,β-unsaturated/α-hetero) is 1. The summed E-state index contributed by atoms with van der Waals surface area (Å²) in [6, 6.07) is 14.4. The van der Waals surface area contributed by atoms with E-state index in [-0.39, 0.29) is 5.25 Å². The van der Waals surface area contributed by atoms with Crippen molar-refractivity contribution in [1.29, 1.82) is 0 Å². The van der Waals surface area contributed by atoms with Crippen LogP contribution in [0.1, 0.15) is 31.2 Å². The lowest BCUT2D eigenvalue weighted by atomic mass is 9.99. The monoisotopic (exact) mass is 369 g/mol. The Kier molecular flexibility index (Phi) is 4.99. The van der Waals surface area contributed by atoms with E-state index in [4.69, 9.17) is 0 Å². The highest BCUT2D eigenvalue weighted by atomic mass is 32.2. The van der Waals surface area contributed by atoms with Crippen LogP contribution in [0.5, 0.6) is 0 Å². The number of benzene rings is 1. The van der Waals surface area contributed by atoms with Gasteiger partial charge in [-0.05, 0) is 29.9 Å². The molecule has 1 atom stereocenters. The smallest absolute Gasteiger partial charge is 0.192 e. The average Bonchev–Trinajstić information content (AvgIpc) is 3.28. The van der Waals surface area contributed by atoms with Crippen LogP contribution in [0.4, 0.5) is 0 Å². The van der Waals surface area contributed by atoms with Gasteiger partial charge >= 0.3 is 0 Å². The molecule has 3 aromatic rings. The van der Waals surface area contributed by atoms with E-state index in [1.165, 1.54) is 5.56 Å². The zero-order chi connectivity index (χ0) is 17.1. The third kappa shape index (κ3) is 3.70. The van der Waals surface area contributed by atoms with E-state index in [2.05, 4.69) is 33.0 Å². The number of carbonyl (C=O) groups excluding carboxylic acids is 1. The second kappa shape index (κ2) is 7.54. The number of thiophene rings is 1. The molecule has 4 nitrogen and oxygen atoms in total. The second-order valence-electron chi connectivity index (χ2n) is 6.17. The van der Waals surface area contributed by atoms with Crippen molar-refractivity contribution in [3.05, 3.63) is 53.4 Å². The molecule has 1 aliphatic rings. The Morgan fingerprint density at radius 2 is 2.00 bits per heavy atom. The number of hydrogen-bond donors (Lipinski definition) is 0. The summed E-state index contributed by atoms with van der Waals surface area (Å²) in [7, 11) is 0. The molecule has 1 fully saturated rings. The normalized spacial score (nSPS) is 17.8. The van der Waals surface area contributed by atoms with Crippen LogP contribution >= 0.6 is 23.1 Å². The lowest BCUT2D eigenvalue weighted by molar-refractivity contribution is -0.119. The fourth-order valence-electron chi connectivity index (χ4n) is 3.08. The SMILES string of the molecule is O=C1CCCCC1Sc1nnc(-c2cccs2)n1Cc1ccccc1. The lowest BCUT2D eigenvalue weighted by Gasteiger charge is -2.19. The van der Waals surface area contributed by atoms with Crippen LogP contribution in [-0.2, 0) is 11.3 Å². The highest BCUT2D eigenvalue weighted by Crippen LogP contribution is 2.34. The minimum atomic E-state index is 0.0173.